The summed E-state index contributed by atoms with van der Waals surface area (Å²) in [6.45, 7) is 3.75. The zero-order valence-corrected chi connectivity index (χ0v) is 13.5. The van der Waals surface area contributed by atoms with Crippen LogP contribution in [0.3, 0.4) is 0 Å². The molecule has 0 N–H and O–H groups in total. The number of ketones is 1. The van der Waals surface area contributed by atoms with Crippen molar-refractivity contribution < 1.29 is 23.9 Å². The van der Waals surface area contributed by atoms with Crippen LogP contribution in [0.15, 0.2) is 42.5 Å². The summed E-state index contributed by atoms with van der Waals surface area (Å²) in [7, 11) is 0. The van der Waals surface area contributed by atoms with Gasteiger partial charge in [-0.3, -0.25) is 14.4 Å². The predicted octanol–water partition coefficient (Wildman–Crippen LogP) is 2.95. The number of hydrogen-bond acceptors (Lipinski definition) is 5. The van der Waals surface area contributed by atoms with E-state index in [9.17, 15) is 14.4 Å². The standard InChI is InChI=1S/C18H22O5/c1-3-22-17(20)15(18(21)23-4-2)12-8-9-13-16(19)14-10-6-5-7-11-14/h5-11,15H,3-4,12-13H2,1-2H3/b9-8+. The van der Waals surface area contributed by atoms with Gasteiger partial charge in [0.15, 0.2) is 11.7 Å². The fourth-order valence-corrected chi connectivity index (χ4v) is 1.94. The van der Waals surface area contributed by atoms with E-state index in [2.05, 4.69) is 0 Å². The van der Waals surface area contributed by atoms with Crippen LogP contribution in [0.1, 0.15) is 37.0 Å². The molecule has 5 heteroatoms. The van der Waals surface area contributed by atoms with Crippen molar-refractivity contribution in [1.82, 2.24) is 0 Å². The zero-order chi connectivity index (χ0) is 17.1. The maximum Gasteiger partial charge on any atom is 0.320 e. The molecule has 1 aromatic rings. The molecule has 0 radical (unpaired) electrons. The number of allylic oxidation sites excluding steroid dienone is 2. The third-order valence-electron chi connectivity index (χ3n) is 3.08. The molecule has 0 saturated carbocycles. The summed E-state index contributed by atoms with van der Waals surface area (Å²) in [4.78, 5) is 35.5. The van der Waals surface area contributed by atoms with E-state index in [1.54, 1.807) is 50.3 Å². The van der Waals surface area contributed by atoms with E-state index in [1.165, 1.54) is 0 Å². The average molecular weight is 318 g/mol. The lowest BCUT2D eigenvalue weighted by atomic mass is 10.0. The van der Waals surface area contributed by atoms with Crippen LogP contribution in [0.4, 0.5) is 0 Å². The van der Waals surface area contributed by atoms with Crippen molar-refractivity contribution in [1.29, 1.82) is 0 Å². The number of ether oxygens (including phenoxy) is 2. The minimum Gasteiger partial charge on any atom is -0.465 e. The summed E-state index contributed by atoms with van der Waals surface area (Å²) in [6.07, 6.45) is 3.66. The second-order valence-electron chi connectivity index (χ2n) is 4.76. The molecule has 0 saturated heterocycles. The topological polar surface area (TPSA) is 69.7 Å². The Hall–Kier alpha value is -2.43. The first-order valence-electron chi connectivity index (χ1n) is 7.66. The number of rotatable bonds is 9. The van der Waals surface area contributed by atoms with Gasteiger partial charge in [0.1, 0.15) is 0 Å². The molecular formula is C18H22O5. The quantitative estimate of drug-likeness (QED) is 0.303. The highest BCUT2D eigenvalue weighted by Gasteiger charge is 2.28. The maximum absolute atomic E-state index is 11.9. The molecule has 124 valence electrons. The lowest BCUT2D eigenvalue weighted by molar-refractivity contribution is -0.161. The third kappa shape index (κ3) is 6.46. The first kappa shape index (κ1) is 18.6. The van der Waals surface area contributed by atoms with E-state index < -0.39 is 17.9 Å². The molecule has 5 nitrogen and oxygen atoms in total. The van der Waals surface area contributed by atoms with Crippen LogP contribution in [0.5, 0.6) is 0 Å². The van der Waals surface area contributed by atoms with Gasteiger partial charge in [-0.15, -0.1) is 0 Å². The van der Waals surface area contributed by atoms with Crippen molar-refractivity contribution in [3.63, 3.8) is 0 Å². The van der Waals surface area contributed by atoms with E-state index in [1.807, 2.05) is 6.07 Å². The van der Waals surface area contributed by atoms with Gasteiger partial charge >= 0.3 is 11.9 Å². The number of esters is 2. The Bertz CT molecular complexity index is 530. The Morgan fingerprint density at radius 3 is 2.04 bits per heavy atom. The van der Waals surface area contributed by atoms with Crippen molar-refractivity contribution >= 4 is 17.7 Å². The Morgan fingerprint density at radius 2 is 1.52 bits per heavy atom. The summed E-state index contributed by atoms with van der Waals surface area (Å²) < 4.78 is 9.76. The second kappa shape index (κ2) is 10.3. The number of hydrogen-bond donors (Lipinski definition) is 0. The number of carbonyl (C=O) groups excluding carboxylic acids is 3. The summed E-state index contributed by atoms with van der Waals surface area (Å²) in [5, 5.41) is 0. The summed E-state index contributed by atoms with van der Waals surface area (Å²) in [5.41, 5.74) is 0.629. The Kier molecular flexibility index (Phi) is 8.36. The van der Waals surface area contributed by atoms with Gasteiger partial charge < -0.3 is 9.47 Å². The first-order valence-corrected chi connectivity index (χ1v) is 7.66. The zero-order valence-electron chi connectivity index (χ0n) is 13.5. The molecule has 0 bridgehead atoms. The van der Waals surface area contributed by atoms with Crippen LogP contribution in [-0.4, -0.2) is 30.9 Å². The van der Waals surface area contributed by atoms with Gasteiger partial charge in [-0.1, -0.05) is 42.5 Å². The fourth-order valence-electron chi connectivity index (χ4n) is 1.94. The number of Topliss-reactive ketones (excluding diaryl/α,β-unsaturated/α-hetero) is 1. The van der Waals surface area contributed by atoms with E-state index in [0.29, 0.717) is 5.56 Å². The Morgan fingerprint density at radius 1 is 0.957 bits per heavy atom. The van der Waals surface area contributed by atoms with Crippen molar-refractivity contribution in [3.05, 3.63) is 48.0 Å². The lowest BCUT2D eigenvalue weighted by Gasteiger charge is -2.12. The van der Waals surface area contributed by atoms with E-state index in [0.717, 1.165) is 0 Å². The van der Waals surface area contributed by atoms with Gasteiger partial charge in [0, 0.05) is 12.0 Å². The lowest BCUT2D eigenvalue weighted by Crippen LogP contribution is -2.27. The monoisotopic (exact) mass is 318 g/mol. The molecule has 0 unspecified atom stereocenters. The van der Waals surface area contributed by atoms with Gasteiger partial charge in [-0.05, 0) is 20.3 Å². The molecule has 23 heavy (non-hydrogen) atoms. The Balaban J connectivity index is 2.58. The highest BCUT2D eigenvalue weighted by molar-refractivity contribution is 5.97. The minimum absolute atomic E-state index is 0.0225. The van der Waals surface area contributed by atoms with E-state index >= 15 is 0 Å². The van der Waals surface area contributed by atoms with Crippen molar-refractivity contribution in [3.8, 4) is 0 Å². The molecule has 0 fully saturated rings. The highest BCUT2D eigenvalue weighted by atomic mass is 16.6. The van der Waals surface area contributed by atoms with Crippen LogP contribution >= 0.6 is 0 Å². The average Bonchev–Trinajstić information content (AvgIpc) is 2.55. The van der Waals surface area contributed by atoms with E-state index in [-0.39, 0.29) is 31.8 Å². The molecule has 0 aliphatic carbocycles. The largest absolute Gasteiger partial charge is 0.465 e. The number of carbonyl (C=O) groups is 3. The van der Waals surface area contributed by atoms with Gasteiger partial charge in [0.25, 0.3) is 0 Å². The number of benzene rings is 1. The van der Waals surface area contributed by atoms with Gasteiger partial charge in [0.2, 0.25) is 0 Å². The van der Waals surface area contributed by atoms with Gasteiger partial charge in [-0.25, -0.2) is 0 Å². The molecule has 0 spiro atoms. The molecule has 0 aliphatic heterocycles. The molecule has 1 rings (SSSR count). The molecule has 1 aromatic carbocycles. The Labute approximate surface area is 136 Å². The normalized spacial score (nSPS) is 10.7. The van der Waals surface area contributed by atoms with E-state index in [4.69, 9.17) is 9.47 Å². The van der Waals surface area contributed by atoms with Gasteiger partial charge in [-0.2, -0.15) is 0 Å². The molecular weight excluding hydrogens is 296 g/mol. The first-order chi connectivity index (χ1) is 11.1. The maximum atomic E-state index is 11.9. The molecule has 0 aromatic heterocycles. The van der Waals surface area contributed by atoms with Crippen LogP contribution < -0.4 is 0 Å². The minimum atomic E-state index is -0.988. The second-order valence-corrected chi connectivity index (χ2v) is 4.76. The SMILES string of the molecule is CCOC(=O)C(C/C=C/CC(=O)c1ccccc1)C(=O)OCC. The highest BCUT2D eigenvalue weighted by Crippen LogP contribution is 2.11. The summed E-state index contributed by atoms with van der Waals surface area (Å²) in [6, 6.07) is 8.94. The molecule has 0 heterocycles. The molecule has 0 aliphatic rings. The molecule has 0 atom stereocenters. The predicted molar refractivity (Wildman–Crippen MR) is 85.9 cm³/mol. The van der Waals surface area contributed by atoms with Crippen molar-refractivity contribution in [2.75, 3.05) is 13.2 Å². The van der Waals surface area contributed by atoms with Crippen LogP contribution in [0, 0.1) is 5.92 Å². The van der Waals surface area contributed by atoms with Crippen molar-refractivity contribution in [2.24, 2.45) is 5.92 Å². The summed E-state index contributed by atoms with van der Waals surface area (Å²) in [5.74, 6) is -2.22. The fraction of sp³-hybridized carbons (Fsp3) is 0.389. The third-order valence-corrected chi connectivity index (χ3v) is 3.08. The van der Waals surface area contributed by atoms with Crippen LogP contribution in [0.25, 0.3) is 0 Å². The summed E-state index contributed by atoms with van der Waals surface area (Å²) >= 11 is 0. The van der Waals surface area contributed by atoms with Crippen LogP contribution in [-0.2, 0) is 19.1 Å². The smallest absolute Gasteiger partial charge is 0.320 e. The van der Waals surface area contributed by atoms with Gasteiger partial charge in [0.05, 0.1) is 13.2 Å². The van der Waals surface area contributed by atoms with Crippen LogP contribution in [0.2, 0.25) is 0 Å². The molecule has 0 amide bonds. The van der Waals surface area contributed by atoms with Crippen molar-refractivity contribution in [2.45, 2.75) is 26.7 Å².